The van der Waals surface area contributed by atoms with E-state index in [-0.39, 0.29) is 46.2 Å². The summed E-state index contributed by atoms with van der Waals surface area (Å²) in [6.45, 7) is 5.43. The van der Waals surface area contributed by atoms with Crippen LogP contribution in [0.3, 0.4) is 0 Å². The SMILES string of the molecule is COc1cc(OC)c2c(c1Cl)O[C@]1(C2=O)C(OC(C)C)=CC(=O)C[C@H]1C. The highest BCUT2D eigenvalue weighted by molar-refractivity contribution is 6.35. The van der Waals surface area contributed by atoms with E-state index in [1.165, 1.54) is 20.3 Å². The molecule has 0 aromatic heterocycles. The molecule has 1 aromatic rings. The summed E-state index contributed by atoms with van der Waals surface area (Å²) in [5.74, 6) is 0.155. The van der Waals surface area contributed by atoms with Crippen molar-refractivity contribution in [2.75, 3.05) is 14.2 Å². The molecule has 0 radical (unpaired) electrons. The van der Waals surface area contributed by atoms with Gasteiger partial charge in [0.25, 0.3) is 0 Å². The Morgan fingerprint density at radius 1 is 1.23 bits per heavy atom. The molecule has 0 N–H and O–H groups in total. The summed E-state index contributed by atoms with van der Waals surface area (Å²) in [5.41, 5.74) is -1.21. The average Bonchev–Trinajstić information content (AvgIpc) is 2.88. The fraction of sp³-hybridized carbons (Fsp3) is 0.474. The molecule has 1 aromatic carbocycles. The van der Waals surface area contributed by atoms with E-state index in [1.54, 1.807) is 13.0 Å². The first-order valence-electron chi connectivity index (χ1n) is 8.36. The highest BCUT2D eigenvalue weighted by Gasteiger charge is 2.60. The predicted molar refractivity (Wildman–Crippen MR) is 95.3 cm³/mol. The van der Waals surface area contributed by atoms with Gasteiger partial charge in [-0.1, -0.05) is 18.5 Å². The molecule has 1 aliphatic heterocycles. The van der Waals surface area contributed by atoms with Crippen LogP contribution >= 0.6 is 11.6 Å². The number of Topliss-reactive ketones (excluding diaryl/α,β-unsaturated/α-hetero) is 1. The Labute approximate surface area is 157 Å². The molecule has 1 spiro atoms. The van der Waals surface area contributed by atoms with E-state index in [9.17, 15) is 9.59 Å². The van der Waals surface area contributed by atoms with E-state index in [2.05, 4.69) is 0 Å². The van der Waals surface area contributed by atoms with E-state index in [4.69, 9.17) is 30.5 Å². The quantitative estimate of drug-likeness (QED) is 0.795. The molecule has 0 saturated heterocycles. The minimum atomic E-state index is -1.44. The first-order valence-corrected chi connectivity index (χ1v) is 8.74. The number of benzene rings is 1. The molecular weight excluding hydrogens is 360 g/mol. The van der Waals surface area contributed by atoms with Crippen molar-refractivity contribution in [3.63, 3.8) is 0 Å². The summed E-state index contributed by atoms with van der Waals surface area (Å²) >= 11 is 6.40. The van der Waals surface area contributed by atoms with E-state index >= 15 is 0 Å². The van der Waals surface area contributed by atoms with Gasteiger partial charge in [-0.3, -0.25) is 9.59 Å². The molecule has 2 atom stereocenters. The fourth-order valence-corrected chi connectivity index (χ4v) is 3.73. The third-order valence-corrected chi connectivity index (χ3v) is 5.00. The third-order valence-electron chi connectivity index (χ3n) is 4.64. The number of methoxy groups -OCH3 is 2. The van der Waals surface area contributed by atoms with Crippen molar-refractivity contribution in [1.29, 1.82) is 0 Å². The summed E-state index contributed by atoms with van der Waals surface area (Å²) in [7, 11) is 2.92. The van der Waals surface area contributed by atoms with Crippen molar-refractivity contribution in [2.24, 2.45) is 5.92 Å². The molecule has 7 heteroatoms. The van der Waals surface area contributed by atoms with Gasteiger partial charge in [-0.05, 0) is 13.8 Å². The van der Waals surface area contributed by atoms with Crippen molar-refractivity contribution in [1.82, 2.24) is 0 Å². The van der Waals surface area contributed by atoms with Crippen LogP contribution in [0.15, 0.2) is 17.9 Å². The van der Waals surface area contributed by atoms with Gasteiger partial charge < -0.3 is 18.9 Å². The Hall–Kier alpha value is -2.21. The Kier molecular flexibility index (Phi) is 4.65. The van der Waals surface area contributed by atoms with Crippen LogP contribution in [0.25, 0.3) is 0 Å². The van der Waals surface area contributed by atoms with Gasteiger partial charge in [0, 0.05) is 24.5 Å². The van der Waals surface area contributed by atoms with Crippen LogP contribution in [0.5, 0.6) is 17.2 Å². The van der Waals surface area contributed by atoms with E-state index in [0.29, 0.717) is 11.5 Å². The summed E-state index contributed by atoms with van der Waals surface area (Å²) < 4.78 is 22.6. The minimum Gasteiger partial charge on any atom is -0.496 e. The molecule has 3 rings (SSSR count). The van der Waals surface area contributed by atoms with Gasteiger partial charge >= 0.3 is 0 Å². The molecule has 26 heavy (non-hydrogen) atoms. The van der Waals surface area contributed by atoms with Crippen LogP contribution in [-0.2, 0) is 9.53 Å². The van der Waals surface area contributed by atoms with Crippen molar-refractivity contribution >= 4 is 23.2 Å². The monoisotopic (exact) mass is 380 g/mol. The zero-order valence-electron chi connectivity index (χ0n) is 15.3. The van der Waals surface area contributed by atoms with Gasteiger partial charge in [-0.15, -0.1) is 0 Å². The molecule has 140 valence electrons. The largest absolute Gasteiger partial charge is 0.496 e. The van der Waals surface area contributed by atoms with Gasteiger partial charge in [-0.25, -0.2) is 0 Å². The summed E-state index contributed by atoms with van der Waals surface area (Å²) in [6.07, 6.45) is 1.28. The van der Waals surface area contributed by atoms with E-state index in [0.717, 1.165) is 0 Å². The molecule has 0 bridgehead atoms. The zero-order valence-corrected chi connectivity index (χ0v) is 16.1. The molecule has 0 fully saturated rings. The van der Waals surface area contributed by atoms with Crippen LogP contribution in [-0.4, -0.2) is 37.5 Å². The van der Waals surface area contributed by atoms with Gasteiger partial charge in [0.2, 0.25) is 11.4 Å². The zero-order chi connectivity index (χ0) is 19.2. The Morgan fingerprint density at radius 3 is 2.46 bits per heavy atom. The summed E-state index contributed by atoms with van der Waals surface area (Å²) in [4.78, 5) is 25.6. The number of carbonyl (C=O) groups excluding carboxylic acids is 2. The lowest BCUT2D eigenvalue weighted by Gasteiger charge is -2.37. The van der Waals surface area contributed by atoms with Crippen LogP contribution in [0.1, 0.15) is 37.6 Å². The minimum absolute atomic E-state index is 0.109. The smallest absolute Gasteiger partial charge is 0.231 e. The lowest BCUT2D eigenvalue weighted by Crippen LogP contribution is -2.52. The van der Waals surface area contributed by atoms with Crippen LogP contribution in [0.4, 0.5) is 0 Å². The number of hydrogen-bond donors (Lipinski definition) is 0. The second-order valence-electron chi connectivity index (χ2n) is 6.71. The summed E-state index contributed by atoms with van der Waals surface area (Å²) in [6, 6.07) is 1.55. The Morgan fingerprint density at radius 2 is 1.88 bits per heavy atom. The Bertz CT molecular complexity index is 813. The van der Waals surface area contributed by atoms with Gasteiger partial charge in [-0.2, -0.15) is 0 Å². The third kappa shape index (κ3) is 2.55. The number of ether oxygens (including phenoxy) is 4. The van der Waals surface area contributed by atoms with E-state index in [1.807, 2.05) is 13.8 Å². The normalized spacial score (nSPS) is 24.4. The average molecular weight is 381 g/mol. The number of hydrogen-bond acceptors (Lipinski definition) is 6. The van der Waals surface area contributed by atoms with Crippen LogP contribution < -0.4 is 14.2 Å². The molecule has 1 aliphatic carbocycles. The highest BCUT2D eigenvalue weighted by atomic mass is 35.5. The molecule has 1 heterocycles. The highest BCUT2D eigenvalue weighted by Crippen LogP contribution is 2.54. The number of rotatable bonds is 4. The molecule has 0 saturated carbocycles. The fourth-order valence-electron chi connectivity index (χ4n) is 3.46. The summed E-state index contributed by atoms with van der Waals surface area (Å²) in [5, 5.41) is 0.182. The molecule has 2 aliphatic rings. The molecule has 6 nitrogen and oxygen atoms in total. The Balaban J connectivity index is 2.23. The maximum Gasteiger partial charge on any atom is 0.231 e. The lowest BCUT2D eigenvalue weighted by atomic mass is 9.75. The maximum absolute atomic E-state index is 13.5. The van der Waals surface area contributed by atoms with Crippen LogP contribution in [0.2, 0.25) is 5.02 Å². The first kappa shape index (κ1) is 18.6. The second-order valence-corrected chi connectivity index (χ2v) is 7.09. The van der Waals surface area contributed by atoms with E-state index < -0.39 is 11.5 Å². The number of allylic oxidation sites excluding steroid dienone is 1. The van der Waals surface area contributed by atoms with Crippen molar-refractivity contribution in [3.05, 3.63) is 28.5 Å². The lowest BCUT2D eigenvalue weighted by molar-refractivity contribution is -0.118. The predicted octanol–water partition coefficient (Wildman–Crippen LogP) is 3.59. The standard InChI is InChI=1S/C19H21ClO6/c1-9(2)25-14-7-11(21)6-10(3)19(14)18(22)15-12(23-4)8-13(24-5)16(20)17(15)26-19/h7-10H,6H2,1-5H3/t10-,19+/m1/s1. The van der Waals surface area contributed by atoms with Crippen LogP contribution in [0, 0.1) is 5.92 Å². The topological polar surface area (TPSA) is 71.1 Å². The number of carbonyl (C=O) groups is 2. The van der Waals surface area contributed by atoms with Crippen molar-refractivity contribution < 1.29 is 28.5 Å². The van der Waals surface area contributed by atoms with Gasteiger partial charge in [0.1, 0.15) is 22.1 Å². The maximum atomic E-state index is 13.5. The van der Waals surface area contributed by atoms with Crippen molar-refractivity contribution in [3.8, 4) is 17.2 Å². The number of ketones is 2. The second kappa shape index (κ2) is 6.50. The van der Waals surface area contributed by atoms with Crippen molar-refractivity contribution in [2.45, 2.75) is 38.9 Å². The number of halogens is 1. The molecule has 0 unspecified atom stereocenters. The van der Waals surface area contributed by atoms with Gasteiger partial charge in [0.05, 0.1) is 20.3 Å². The molecule has 0 amide bonds. The number of fused-ring (bicyclic) bond motifs is 1. The van der Waals surface area contributed by atoms with Gasteiger partial charge in [0.15, 0.2) is 17.3 Å². The molecular formula is C19H21ClO6. The first-order chi connectivity index (χ1) is 12.3.